The minimum absolute atomic E-state index is 0.0104. The van der Waals surface area contributed by atoms with Gasteiger partial charge in [-0.25, -0.2) is 4.79 Å². The van der Waals surface area contributed by atoms with Crippen LogP contribution < -0.4 is 5.32 Å². The number of hydrogen-bond acceptors (Lipinski definition) is 3. The van der Waals surface area contributed by atoms with E-state index in [-0.39, 0.29) is 24.6 Å². The Morgan fingerprint density at radius 2 is 2.17 bits per heavy atom. The largest absolute Gasteiger partial charge is 0.396 e. The molecular weight excluding hydrogens is 290 g/mol. The molecule has 2 rings (SSSR count). The van der Waals surface area contributed by atoms with Crippen molar-refractivity contribution in [1.82, 2.24) is 15.1 Å². The average molecular weight is 319 g/mol. The van der Waals surface area contributed by atoms with Crippen LogP contribution in [0.3, 0.4) is 0 Å². The summed E-state index contributed by atoms with van der Waals surface area (Å²) in [6.45, 7) is 5.32. The molecule has 0 spiro atoms. The Kier molecular flexibility index (Phi) is 6.86. The third kappa shape index (κ3) is 5.84. The number of aliphatic hydroxyl groups is 1. The molecule has 0 bridgehead atoms. The summed E-state index contributed by atoms with van der Waals surface area (Å²) in [5.74, 6) is 0.227. The molecule has 0 radical (unpaired) electrons. The number of likely N-dealkylation sites (tertiary alicyclic amines) is 1. The predicted octanol–water partition coefficient (Wildman–Crippen LogP) is 1.92. The van der Waals surface area contributed by atoms with Gasteiger partial charge in [-0.2, -0.15) is 0 Å². The quantitative estimate of drug-likeness (QED) is 0.842. The predicted molar refractivity (Wildman–Crippen MR) is 92.2 cm³/mol. The van der Waals surface area contributed by atoms with Gasteiger partial charge < -0.3 is 20.2 Å². The van der Waals surface area contributed by atoms with E-state index in [4.69, 9.17) is 0 Å². The van der Waals surface area contributed by atoms with Crippen molar-refractivity contribution in [3.8, 4) is 0 Å². The van der Waals surface area contributed by atoms with E-state index in [1.165, 1.54) is 5.56 Å². The second-order valence-corrected chi connectivity index (χ2v) is 6.67. The minimum atomic E-state index is -0.0104. The van der Waals surface area contributed by atoms with Crippen molar-refractivity contribution < 1.29 is 9.90 Å². The number of benzene rings is 1. The summed E-state index contributed by atoms with van der Waals surface area (Å²) in [7, 11) is 2.07. The van der Waals surface area contributed by atoms with Crippen molar-refractivity contribution in [3.63, 3.8) is 0 Å². The molecule has 0 unspecified atom stereocenters. The topological polar surface area (TPSA) is 55.8 Å². The van der Waals surface area contributed by atoms with E-state index in [2.05, 4.69) is 29.4 Å². The standard InChI is InChI=1S/C18H29N3O2/c1-15(11-20(2)12-16-7-4-3-5-8-16)19-18(23)21-10-6-9-17(13-21)14-22/h3-5,7-8,15,17,22H,6,9-14H2,1-2H3,(H,19,23)/t15-,17+/m1/s1. The Hall–Kier alpha value is -1.59. The maximum atomic E-state index is 12.3. The molecule has 1 aliphatic rings. The van der Waals surface area contributed by atoms with Crippen molar-refractivity contribution in [2.75, 3.05) is 33.3 Å². The number of amides is 2. The summed E-state index contributed by atoms with van der Waals surface area (Å²) >= 11 is 0. The smallest absolute Gasteiger partial charge is 0.317 e. The van der Waals surface area contributed by atoms with Crippen LogP contribution in [-0.4, -0.2) is 60.3 Å². The molecule has 0 aliphatic carbocycles. The van der Waals surface area contributed by atoms with E-state index in [1.807, 2.05) is 30.0 Å². The number of carbonyl (C=O) groups excluding carboxylic acids is 1. The van der Waals surface area contributed by atoms with Crippen LogP contribution in [0, 0.1) is 5.92 Å². The lowest BCUT2D eigenvalue weighted by molar-refractivity contribution is 0.127. The summed E-state index contributed by atoms with van der Waals surface area (Å²) in [5.41, 5.74) is 1.27. The third-order valence-corrected chi connectivity index (χ3v) is 4.32. The maximum Gasteiger partial charge on any atom is 0.317 e. The SMILES string of the molecule is C[C@H](CN(C)Cc1ccccc1)NC(=O)N1CCC[C@H](CO)C1. The fourth-order valence-electron chi connectivity index (χ4n) is 3.17. The number of piperidine rings is 1. The number of urea groups is 1. The van der Waals surface area contributed by atoms with E-state index in [0.29, 0.717) is 6.54 Å². The molecule has 5 heteroatoms. The molecule has 1 heterocycles. The van der Waals surface area contributed by atoms with Crippen molar-refractivity contribution in [1.29, 1.82) is 0 Å². The first-order valence-corrected chi connectivity index (χ1v) is 8.47. The molecule has 2 amide bonds. The van der Waals surface area contributed by atoms with Gasteiger partial charge in [-0.3, -0.25) is 0 Å². The number of nitrogens with zero attached hydrogens (tertiary/aromatic N) is 2. The van der Waals surface area contributed by atoms with Gasteiger partial charge in [0.15, 0.2) is 0 Å². The van der Waals surface area contributed by atoms with Gasteiger partial charge >= 0.3 is 6.03 Å². The zero-order chi connectivity index (χ0) is 16.7. The number of likely N-dealkylation sites (N-methyl/N-ethyl adjacent to an activating group) is 1. The van der Waals surface area contributed by atoms with E-state index in [0.717, 1.165) is 32.5 Å². The molecule has 1 fully saturated rings. The van der Waals surface area contributed by atoms with Crippen LogP contribution in [0.25, 0.3) is 0 Å². The Morgan fingerprint density at radius 3 is 2.87 bits per heavy atom. The zero-order valence-electron chi connectivity index (χ0n) is 14.2. The van der Waals surface area contributed by atoms with Gasteiger partial charge in [-0.1, -0.05) is 30.3 Å². The highest BCUT2D eigenvalue weighted by Crippen LogP contribution is 2.15. The van der Waals surface area contributed by atoms with E-state index in [1.54, 1.807) is 0 Å². The Labute approximate surface area is 139 Å². The first-order chi connectivity index (χ1) is 11.1. The number of aliphatic hydroxyl groups excluding tert-OH is 1. The highest BCUT2D eigenvalue weighted by Gasteiger charge is 2.24. The van der Waals surface area contributed by atoms with Crippen LogP contribution >= 0.6 is 0 Å². The Morgan fingerprint density at radius 1 is 1.43 bits per heavy atom. The summed E-state index contributed by atoms with van der Waals surface area (Å²) in [6, 6.07) is 10.4. The maximum absolute atomic E-state index is 12.3. The van der Waals surface area contributed by atoms with E-state index < -0.39 is 0 Å². The van der Waals surface area contributed by atoms with Crippen molar-refractivity contribution in [3.05, 3.63) is 35.9 Å². The average Bonchev–Trinajstić information content (AvgIpc) is 2.55. The second-order valence-electron chi connectivity index (χ2n) is 6.67. The van der Waals surface area contributed by atoms with Crippen molar-refractivity contribution in [2.45, 2.75) is 32.4 Å². The number of hydrogen-bond donors (Lipinski definition) is 2. The molecule has 0 saturated carbocycles. The molecule has 2 atom stereocenters. The Bertz CT molecular complexity index is 480. The van der Waals surface area contributed by atoms with E-state index >= 15 is 0 Å². The van der Waals surface area contributed by atoms with Gasteiger partial charge in [0.25, 0.3) is 0 Å². The van der Waals surface area contributed by atoms with Gasteiger partial charge in [0.2, 0.25) is 0 Å². The number of carbonyl (C=O) groups is 1. The highest BCUT2D eigenvalue weighted by atomic mass is 16.3. The summed E-state index contributed by atoms with van der Waals surface area (Å²) in [4.78, 5) is 16.4. The Balaban J connectivity index is 1.75. The normalized spacial score (nSPS) is 19.7. The first kappa shape index (κ1) is 17.8. The molecule has 128 valence electrons. The van der Waals surface area contributed by atoms with Crippen molar-refractivity contribution >= 4 is 6.03 Å². The van der Waals surface area contributed by atoms with Crippen molar-refractivity contribution in [2.24, 2.45) is 5.92 Å². The number of nitrogens with one attached hydrogen (secondary N) is 1. The lowest BCUT2D eigenvalue weighted by Crippen LogP contribution is -2.50. The molecule has 1 saturated heterocycles. The van der Waals surface area contributed by atoms with Crippen LogP contribution in [0.5, 0.6) is 0 Å². The molecule has 5 nitrogen and oxygen atoms in total. The monoisotopic (exact) mass is 319 g/mol. The van der Waals surface area contributed by atoms with Crippen LogP contribution in [0.1, 0.15) is 25.3 Å². The number of rotatable bonds is 6. The molecule has 1 aliphatic heterocycles. The van der Waals surface area contributed by atoms with E-state index in [9.17, 15) is 9.90 Å². The van der Waals surface area contributed by atoms with Crippen LogP contribution in [0.15, 0.2) is 30.3 Å². The van der Waals surface area contributed by atoms with Gasteiger partial charge in [-0.15, -0.1) is 0 Å². The van der Waals surface area contributed by atoms with Gasteiger partial charge in [0.05, 0.1) is 0 Å². The van der Waals surface area contributed by atoms with Crippen LogP contribution in [0.2, 0.25) is 0 Å². The zero-order valence-corrected chi connectivity index (χ0v) is 14.2. The lowest BCUT2D eigenvalue weighted by atomic mass is 9.99. The molecular formula is C18H29N3O2. The molecule has 1 aromatic carbocycles. The molecule has 23 heavy (non-hydrogen) atoms. The van der Waals surface area contributed by atoms with Crippen LogP contribution in [0.4, 0.5) is 4.79 Å². The second kappa shape index (κ2) is 8.89. The summed E-state index contributed by atoms with van der Waals surface area (Å²) in [5, 5.41) is 12.3. The van der Waals surface area contributed by atoms with Crippen LogP contribution in [-0.2, 0) is 6.54 Å². The van der Waals surface area contributed by atoms with Gasteiger partial charge in [0.1, 0.15) is 0 Å². The molecule has 0 aromatic heterocycles. The first-order valence-electron chi connectivity index (χ1n) is 8.47. The van der Waals surface area contributed by atoms with Gasteiger partial charge in [0, 0.05) is 38.8 Å². The molecule has 1 aromatic rings. The highest BCUT2D eigenvalue weighted by molar-refractivity contribution is 5.74. The van der Waals surface area contributed by atoms with Gasteiger partial charge in [-0.05, 0) is 38.3 Å². The molecule has 2 N–H and O–H groups in total. The summed E-state index contributed by atoms with van der Waals surface area (Å²) in [6.07, 6.45) is 1.98. The fraction of sp³-hybridized carbons (Fsp3) is 0.611. The fourth-order valence-corrected chi connectivity index (χ4v) is 3.17. The lowest BCUT2D eigenvalue weighted by Gasteiger charge is -2.33. The third-order valence-electron chi connectivity index (χ3n) is 4.32. The minimum Gasteiger partial charge on any atom is -0.396 e. The summed E-state index contributed by atoms with van der Waals surface area (Å²) < 4.78 is 0.